The molecule has 0 aromatic heterocycles. The predicted molar refractivity (Wildman–Crippen MR) is 79.1 cm³/mol. The van der Waals surface area contributed by atoms with Crippen molar-refractivity contribution in [3.63, 3.8) is 0 Å². The number of phenols is 1. The lowest BCUT2D eigenvalue weighted by molar-refractivity contribution is -0.118. The van der Waals surface area contributed by atoms with Gasteiger partial charge < -0.3 is 10.4 Å². The van der Waals surface area contributed by atoms with Crippen molar-refractivity contribution in [2.75, 3.05) is 5.32 Å². The number of anilines is 1. The Morgan fingerprint density at radius 1 is 1.15 bits per heavy atom. The number of nitrogens with one attached hydrogen (secondary N) is 1. The molecule has 0 spiro atoms. The summed E-state index contributed by atoms with van der Waals surface area (Å²) >= 11 is 6.02. The normalized spacial score (nSPS) is 15.7. The molecule has 0 saturated heterocycles. The van der Waals surface area contributed by atoms with Crippen LogP contribution in [0.15, 0.2) is 48.5 Å². The second-order valence-corrected chi connectivity index (χ2v) is 5.47. The van der Waals surface area contributed by atoms with Gasteiger partial charge in [-0.1, -0.05) is 41.9 Å². The third kappa shape index (κ3) is 2.25. The summed E-state index contributed by atoms with van der Waals surface area (Å²) in [6, 6.07) is 14.3. The molecule has 3 rings (SSSR count). The Bertz CT molecular complexity index is 651. The lowest BCUT2D eigenvalue weighted by Gasteiger charge is -2.16. The minimum atomic E-state index is -0.428. The minimum absolute atomic E-state index is 0.0451. The molecule has 2 aromatic rings. The third-order valence-electron chi connectivity index (χ3n) is 3.71. The molecule has 0 aliphatic heterocycles. The van der Waals surface area contributed by atoms with Crippen LogP contribution in [0.3, 0.4) is 0 Å². The van der Waals surface area contributed by atoms with Gasteiger partial charge in [0.15, 0.2) is 0 Å². The molecule has 1 saturated carbocycles. The summed E-state index contributed by atoms with van der Waals surface area (Å²) in [6.07, 6.45) is 1.69. The summed E-state index contributed by atoms with van der Waals surface area (Å²) in [5.74, 6) is 0.0356. The summed E-state index contributed by atoms with van der Waals surface area (Å²) in [5, 5.41) is 12.5. The number of rotatable bonds is 3. The van der Waals surface area contributed by atoms with E-state index in [1.54, 1.807) is 6.07 Å². The standard InChI is InChI=1S/C16H14ClNO2/c17-13-10-12(19)6-7-14(13)18-15(20)16(8-9-16)11-4-2-1-3-5-11/h1-7,10,19H,8-9H2,(H,18,20). The highest BCUT2D eigenvalue weighted by molar-refractivity contribution is 6.34. The van der Waals surface area contributed by atoms with Gasteiger partial charge in [-0.2, -0.15) is 0 Å². The van der Waals surface area contributed by atoms with Crippen LogP contribution in [0.2, 0.25) is 5.02 Å². The molecule has 0 unspecified atom stereocenters. The number of hydrogen-bond donors (Lipinski definition) is 2. The average Bonchev–Trinajstić information content (AvgIpc) is 3.24. The Kier molecular flexibility index (Phi) is 3.14. The van der Waals surface area contributed by atoms with E-state index in [2.05, 4.69) is 5.32 Å². The Labute approximate surface area is 122 Å². The number of benzene rings is 2. The van der Waals surface area contributed by atoms with Gasteiger partial charge in [0.25, 0.3) is 0 Å². The maximum absolute atomic E-state index is 12.5. The summed E-state index contributed by atoms with van der Waals surface area (Å²) in [5.41, 5.74) is 1.13. The molecule has 1 amide bonds. The van der Waals surface area contributed by atoms with Crippen LogP contribution >= 0.6 is 11.6 Å². The molecular formula is C16H14ClNO2. The molecular weight excluding hydrogens is 274 g/mol. The number of aromatic hydroxyl groups is 1. The first-order chi connectivity index (χ1) is 9.62. The minimum Gasteiger partial charge on any atom is -0.508 e. The smallest absolute Gasteiger partial charge is 0.235 e. The molecule has 1 aliphatic carbocycles. The third-order valence-corrected chi connectivity index (χ3v) is 4.02. The highest BCUT2D eigenvalue weighted by Crippen LogP contribution is 2.49. The number of carbonyl (C=O) groups excluding carboxylic acids is 1. The maximum Gasteiger partial charge on any atom is 0.235 e. The maximum atomic E-state index is 12.5. The van der Waals surface area contributed by atoms with E-state index in [0.717, 1.165) is 18.4 Å². The van der Waals surface area contributed by atoms with Gasteiger partial charge in [0.2, 0.25) is 5.91 Å². The molecule has 0 heterocycles. The van der Waals surface area contributed by atoms with Crippen molar-refractivity contribution in [3.05, 3.63) is 59.1 Å². The summed E-state index contributed by atoms with van der Waals surface area (Å²) < 4.78 is 0. The molecule has 4 heteroatoms. The Balaban J connectivity index is 1.83. The van der Waals surface area contributed by atoms with Gasteiger partial charge >= 0.3 is 0 Å². The van der Waals surface area contributed by atoms with Gasteiger partial charge in [-0.3, -0.25) is 4.79 Å². The fourth-order valence-corrected chi connectivity index (χ4v) is 2.60. The molecule has 1 aliphatic rings. The summed E-state index contributed by atoms with van der Waals surface area (Å²) in [4.78, 5) is 12.5. The zero-order chi connectivity index (χ0) is 14.2. The molecule has 0 radical (unpaired) electrons. The van der Waals surface area contributed by atoms with Gasteiger partial charge in [-0.15, -0.1) is 0 Å². The predicted octanol–water partition coefficient (Wildman–Crippen LogP) is 3.72. The molecule has 2 N–H and O–H groups in total. The molecule has 1 fully saturated rings. The number of amides is 1. The number of hydrogen-bond acceptors (Lipinski definition) is 2. The van der Waals surface area contributed by atoms with Crippen LogP contribution in [0.5, 0.6) is 5.75 Å². The lowest BCUT2D eigenvalue weighted by Crippen LogP contribution is -2.27. The fraction of sp³-hybridized carbons (Fsp3) is 0.188. The van der Waals surface area contributed by atoms with Gasteiger partial charge in [0.05, 0.1) is 16.1 Å². The van der Waals surface area contributed by atoms with Gasteiger partial charge in [0.1, 0.15) is 5.75 Å². The molecule has 20 heavy (non-hydrogen) atoms. The first kappa shape index (κ1) is 13.0. The average molecular weight is 288 g/mol. The van der Waals surface area contributed by atoms with E-state index in [4.69, 9.17) is 11.6 Å². The van der Waals surface area contributed by atoms with Crippen molar-refractivity contribution in [1.82, 2.24) is 0 Å². The summed E-state index contributed by atoms with van der Waals surface area (Å²) in [7, 11) is 0. The largest absolute Gasteiger partial charge is 0.508 e. The highest BCUT2D eigenvalue weighted by atomic mass is 35.5. The zero-order valence-electron chi connectivity index (χ0n) is 10.8. The summed E-state index contributed by atoms with van der Waals surface area (Å²) in [6.45, 7) is 0. The van der Waals surface area contributed by atoms with Gasteiger partial charge in [0, 0.05) is 6.07 Å². The van der Waals surface area contributed by atoms with E-state index in [-0.39, 0.29) is 11.7 Å². The molecule has 3 nitrogen and oxygen atoms in total. The first-order valence-corrected chi connectivity index (χ1v) is 6.85. The van der Waals surface area contributed by atoms with Crippen molar-refractivity contribution in [3.8, 4) is 5.75 Å². The van der Waals surface area contributed by atoms with Crippen LogP contribution in [0.25, 0.3) is 0 Å². The van der Waals surface area contributed by atoms with Gasteiger partial charge in [-0.25, -0.2) is 0 Å². The van der Waals surface area contributed by atoms with Crippen LogP contribution in [0.4, 0.5) is 5.69 Å². The van der Waals surface area contributed by atoms with E-state index in [1.807, 2.05) is 30.3 Å². The molecule has 2 aromatic carbocycles. The van der Waals surface area contributed by atoms with Crippen molar-refractivity contribution in [2.45, 2.75) is 18.3 Å². The number of halogens is 1. The fourth-order valence-electron chi connectivity index (χ4n) is 2.38. The van der Waals surface area contributed by atoms with Crippen molar-refractivity contribution in [1.29, 1.82) is 0 Å². The topological polar surface area (TPSA) is 49.3 Å². The van der Waals surface area contributed by atoms with E-state index in [1.165, 1.54) is 12.1 Å². The monoisotopic (exact) mass is 287 g/mol. The van der Waals surface area contributed by atoms with Crippen molar-refractivity contribution >= 4 is 23.2 Å². The number of phenolic OH excluding ortho intramolecular Hbond substituents is 1. The van der Waals surface area contributed by atoms with E-state index < -0.39 is 5.41 Å². The van der Waals surface area contributed by atoms with Crippen molar-refractivity contribution < 1.29 is 9.90 Å². The van der Waals surface area contributed by atoms with Crippen molar-refractivity contribution in [2.24, 2.45) is 0 Å². The second kappa shape index (κ2) is 4.84. The quantitative estimate of drug-likeness (QED) is 0.845. The lowest BCUT2D eigenvalue weighted by atomic mass is 9.95. The van der Waals surface area contributed by atoms with Crippen LogP contribution in [-0.4, -0.2) is 11.0 Å². The highest BCUT2D eigenvalue weighted by Gasteiger charge is 2.51. The zero-order valence-corrected chi connectivity index (χ0v) is 11.5. The van der Waals surface area contributed by atoms with Crippen LogP contribution in [0, 0.1) is 0 Å². The van der Waals surface area contributed by atoms with Gasteiger partial charge in [-0.05, 0) is 30.5 Å². The second-order valence-electron chi connectivity index (χ2n) is 5.07. The Hall–Kier alpha value is -2.00. The molecule has 0 atom stereocenters. The first-order valence-electron chi connectivity index (χ1n) is 6.47. The van der Waals surface area contributed by atoms with E-state index in [9.17, 15) is 9.90 Å². The SMILES string of the molecule is O=C(Nc1ccc(O)cc1Cl)C1(c2ccccc2)CC1. The molecule has 0 bridgehead atoms. The molecule has 102 valence electrons. The van der Waals surface area contributed by atoms with E-state index in [0.29, 0.717) is 10.7 Å². The number of carbonyl (C=O) groups is 1. The Morgan fingerprint density at radius 2 is 1.85 bits per heavy atom. The Morgan fingerprint density at radius 3 is 2.45 bits per heavy atom. The van der Waals surface area contributed by atoms with Crippen LogP contribution < -0.4 is 5.32 Å². The van der Waals surface area contributed by atoms with Crippen LogP contribution in [0.1, 0.15) is 18.4 Å². The van der Waals surface area contributed by atoms with E-state index >= 15 is 0 Å². The van der Waals surface area contributed by atoms with Crippen LogP contribution in [-0.2, 0) is 10.2 Å².